The van der Waals surface area contributed by atoms with Gasteiger partial charge in [-0.2, -0.15) is 0 Å². The van der Waals surface area contributed by atoms with Crippen LogP contribution in [0.4, 0.5) is 0 Å². The number of pyridine rings is 1. The van der Waals surface area contributed by atoms with E-state index in [-0.39, 0.29) is 11.5 Å². The van der Waals surface area contributed by atoms with Gasteiger partial charge < -0.3 is 20.2 Å². The predicted molar refractivity (Wildman–Crippen MR) is 124 cm³/mol. The Balaban J connectivity index is 1.96. The van der Waals surface area contributed by atoms with Crippen molar-refractivity contribution in [3.8, 4) is 0 Å². The molecule has 0 aliphatic rings. The van der Waals surface area contributed by atoms with Crippen molar-refractivity contribution in [3.63, 3.8) is 0 Å². The monoisotopic (exact) mass is 447 g/mol. The maximum Gasteiger partial charge on any atom is 0.322 e. The molecule has 170 valence electrons. The van der Waals surface area contributed by atoms with Gasteiger partial charge in [0.15, 0.2) is 0 Å². The fourth-order valence-corrected chi connectivity index (χ4v) is 3.68. The lowest BCUT2D eigenvalue weighted by Crippen LogP contribution is -2.29. The Hall–Kier alpha value is -4.20. The summed E-state index contributed by atoms with van der Waals surface area (Å²) in [5, 5.41) is 24.4. The highest BCUT2D eigenvalue weighted by Crippen LogP contribution is 2.32. The van der Waals surface area contributed by atoms with Crippen molar-refractivity contribution in [2.24, 2.45) is 12.2 Å². The number of aliphatic carboxylic acids is 1. The second-order valence-electron chi connectivity index (χ2n) is 7.73. The number of carboxylic acid groups (broad SMARTS) is 1. The number of nitrogens with zero attached hydrogens (tertiary/aromatic N) is 2. The van der Waals surface area contributed by atoms with Crippen LogP contribution in [-0.4, -0.2) is 39.0 Å². The molecule has 8 nitrogen and oxygen atoms in total. The average Bonchev–Trinajstić information content (AvgIpc) is 2.81. The van der Waals surface area contributed by atoms with Crippen LogP contribution in [0.3, 0.4) is 0 Å². The summed E-state index contributed by atoms with van der Waals surface area (Å²) in [7, 11) is 1.63. The van der Waals surface area contributed by atoms with E-state index in [2.05, 4.69) is 10.5 Å². The zero-order valence-corrected chi connectivity index (χ0v) is 18.4. The summed E-state index contributed by atoms with van der Waals surface area (Å²) in [6, 6.07) is 17.8. The van der Waals surface area contributed by atoms with Gasteiger partial charge in [-0.05, 0) is 41.8 Å². The number of benzene rings is 2. The van der Waals surface area contributed by atoms with Crippen molar-refractivity contribution in [3.05, 3.63) is 105 Å². The Morgan fingerprint density at radius 1 is 1.03 bits per heavy atom. The number of aromatic nitrogens is 1. The Morgan fingerprint density at radius 2 is 1.70 bits per heavy atom. The number of hydrogen-bond donors (Lipinski definition) is 3. The van der Waals surface area contributed by atoms with Crippen molar-refractivity contribution >= 4 is 17.6 Å². The van der Waals surface area contributed by atoms with Gasteiger partial charge in [0.2, 0.25) is 5.56 Å². The van der Waals surface area contributed by atoms with Gasteiger partial charge in [0.05, 0.1) is 5.71 Å². The van der Waals surface area contributed by atoms with Gasteiger partial charge in [-0.3, -0.25) is 14.4 Å². The molecular formula is C25H25N3O5. The molecule has 8 heteroatoms. The summed E-state index contributed by atoms with van der Waals surface area (Å²) in [5.41, 5.74) is 4.21. The summed E-state index contributed by atoms with van der Waals surface area (Å²) in [6.45, 7) is 1.54. The molecule has 0 radical (unpaired) electrons. The molecule has 0 aliphatic heterocycles. The number of aryl methyl sites for hydroxylation is 2. The average molecular weight is 447 g/mol. The van der Waals surface area contributed by atoms with Gasteiger partial charge in [0.25, 0.3) is 5.91 Å². The van der Waals surface area contributed by atoms with Crippen LogP contribution in [0.15, 0.2) is 76.8 Å². The number of hydrogen-bond acceptors (Lipinski definition) is 5. The van der Waals surface area contributed by atoms with E-state index in [1.165, 1.54) is 10.6 Å². The van der Waals surface area contributed by atoms with Crippen LogP contribution in [0.2, 0.25) is 0 Å². The quantitative estimate of drug-likeness (QED) is 0.279. The topological polar surface area (TPSA) is 121 Å². The van der Waals surface area contributed by atoms with Gasteiger partial charge in [0.1, 0.15) is 6.54 Å². The lowest BCUT2D eigenvalue weighted by molar-refractivity contribution is -0.135. The fraction of sp³-hybridized carbons (Fsp3) is 0.200. The zero-order chi connectivity index (χ0) is 24.0. The minimum atomic E-state index is -1.12. The zero-order valence-electron chi connectivity index (χ0n) is 18.4. The second kappa shape index (κ2) is 10.4. The van der Waals surface area contributed by atoms with Gasteiger partial charge in [0, 0.05) is 42.8 Å². The molecule has 1 atom stereocenters. The fourth-order valence-electron chi connectivity index (χ4n) is 3.68. The van der Waals surface area contributed by atoms with E-state index in [0.29, 0.717) is 23.3 Å². The minimum absolute atomic E-state index is 0.164. The smallest absolute Gasteiger partial charge is 0.322 e. The van der Waals surface area contributed by atoms with E-state index < -0.39 is 18.4 Å². The molecule has 3 rings (SSSR count). The molecule has 2 aromatic carbocycles. The van der Waals surface area contributed by atoms with Crippen LogP contribution in [0.25, 0.3) is 0 Å². The summed E-state index contributed by atoms with van der Waals surface area (Å²) < 4.78 is 1.42. The second-order valence-corrected chi connectivity index (χ2v) is 7.73. The number of carboxylic acids is 1. The third-order valence-corrected chi connectivity index (χ3v) is 5.48. The number of oxime groups is 1. The molecule has 0 spiro atoms. The lowest BCUT2D eigenvalue weighted by atomic mass is 9.83. The highest BCUT2D eigenvalue weighted by molar-refractivity contribution is 6.00. The molecule has 3 N–H and O–H groups in total. The standard InChI is InChI=1S/C25H25N3O5/c1-16-5-3-4-6-20(16)21(13-22(27-33)19-11-12-23(29)28(2)15-19)17-7-9-18(10-8-17)25(32)26-14-24(30)31/h3-12,15,21,33H,13-14H2,1-2H3,(H,26,32)(H,30,31)/b27-22-. The van der Waals surface area contributed by atoms with Gasteiger partial charge >= 0.3 is 5.97 Å². The molecule has 33 heavy (non-hydrogen) atoms. The Morgan fingerprint density at radius 3 is 2.30 bits per heavy atom. The molecule has 0 fully saturated rings. The van der Waals surface area contributed by atoms with E-state index in [0.717, 1.165) is 16.7 Å². The van der Waals surface area contributed by atoms with Crippen LogP contribution in [0, 0.1) is 6.92 Å². The van der Waals surface area contributed by atoms with Crippen LogP contribution >= 0.6 is 0 Å². The Kier molecular flexibility index (Phi) is 7.40. The molecule has 1 heterocycles. The number of carbonyl (C=O) groups excluding carboxylic acids is 1. The van der Waals surface area contributed by atoms with Crippen LogP contribution < -0.4 is 10.9 Å². The third-order valence-electron chi connectivity index (χ3n) is 5.48. The molecule has 3 aromatic rings. The first-order chi connectivity index (χ1) is 15.8. The molecule has 0 saturated heterocycles. The lowest BCUT2D eigenvalue weighted by Gasteiger charge is -2.21. The van der Waals surface area contributed by atoms with Crippen molar-refractivity contribution < 1.29 is 19.9 Å². The molecule has 1 amide bonds. The van der Waals surface area contributed by atoms with Crippen LogP contribution in [0.5, 0.6) is 0 Å². The summed E-state index contributed by atoms with van der Waals surface area (Å²) >= 11 is 0. The minimum Gasteiger partial charge on any atom is -0.480 e. The first-order valence-electron chi connectivity index (χ1n) is 10.3. The summed E-state index contributed by atoms with van der Waals surface area (Å²) in [5.74, 6) is -1.78. The maximum atomic E-state index is 12.2. The Bertz CT molecular complexity index is 1250. The first kappa shape index (κ1) is 23.5. The molecule has 0 saturated carbocycles. The van der Waals surface area contributed by atoms with Crippen LogP contribution in [0.1, 0.15) is 45.0 Å². The van der Waals surface area contributed by atoms with Gasteiger partial charge in [-0.1, -0.05) is 41.6 Å². The number of carbonyl (C=O) groups is 2. The van der Waals surface area contributed by atoms with Crippen LogP contribution in [-0.2, 0) is 11.8 Å². The summed E-state index contributed by atoms with van der Waals surface area (Å²) in [6.07, 6.45) is 1.98. The number of amides is 1. The van der Waals surface area contributed by atoms with E-state index in [4.69, 9.17) is 5.11 Å². The Labute approximate surface area is 190 Å². The van der Waals surface area contributed by atoms with E-state index >= 15 is 0 Å². The third kappa shape index (κ3) is 5.74. The SMILES string of the molecule is Cc1ccccc1C(C/C(=N/O)c1ccc(=O)n(C)c1)c1ccc(C(=O)NCC(=O)O)cc1. The largest absolute Gasteiger partial charge is 0.480 e. The highest BCUT2D eigenvalue weighted by atomic mass is 16.4. The molecule has 0 bridgehead atoms. The van der Waals surface area contributed by atoms with E-state index in [1.807, 2.05) is 43.3 Å². The van der Waals surface area contributed by atoms with E-state index in [9.17, 15) is 19.6 Å². The van der Waals surface area contributed by atoms with Crippen molar-refractivity contribution in [2.45, 2.75) is 19.3 Å². The summed E-state index contributed by atoms with van der Waals surface area (Å²) in [4.78, 5) is 34.6. The van der Waals surface area contributed by atoms with Crippen molar-refractivity contribution in [2.75, 3.05) is 6.54 Å². The van der Waals surface area contributed by atoms with E-state index in [1.54, 1.807) is 31.4 Å². The molecule has 1 aromatic heterocycles. The number of nitrogens with one attached hydrogen (secondary N) is 1. The van der Waals surface area contributed by atoms with Crippen molar-refractivity contribution in [1.82, 2.24) is 9.88 Å². The maximum absolute atomic E-state index is 12.2. The molecule has 1 unspecified atom stereocenters. The number of rotatable bonds is 8. The predicted octanol–water partition coefficient (Wildman–Crippen LogP) is 2.91. The highest BCUT2D eigenvalue weighted by Gasteiger charge is 2.21. The van der Waals surface area contributed by atoms with Gasteiger partial charge in [-0.25, -0.2) is 0 Å². The van der Waals surface area contributed by atoms with Crippen molar-refractivity contribution in [1.29, 1.82) is 0 Å². The molecule has 0 aliphatic carbocycles. The first-order valence-corrected chi connectivity index (χ1v) is 10.3. The molecular weight excluding hydrogens is 422 g/mol. The normalized spacial score (nSPS) is 12.2. The van der Waals surface area contributed by atoms with Gasteiger partial charge in [-0.15, -0.1) is 0 Å².